The van der Waals surface area contributed by atoms with Crippen molar-refractivity contribution in [2.24, 2.45) is 0 Å². The van der Waals surface area contributed by atoms with E-state index in [1.807, 2.05) is 30.3 Å². The lowest BCUT2D eigenvalue weighted by molar-refractivity contribution is 0.00341. The maximum Gasteiger partial charge on any atom is 0.254 e. The number of hydrogen-bond acceptors (Lipinski definition) is 4. The fraction of sp³-hybridized carbons (Fsp3) is 0.321. The van der Waals surface area contributed by atoms with E-state index < -0.39 is 5.82 Å². The van der Waals surface area contributed by atoms with Crippen molar-refractivity contribution in [1.82, 2.24) is 9.80 Å². The minimum Gasteiger partial charge on any atom is -0.494 e. The number of carbonyl (C=O) groups excluding carboxylic acids is 1. The van der Waals surface area contributed by atoms with Crippen LogP contribution in [0.25, 0.3) is 0 Å². The number of halogens is 2. The summed E-state index contributed by atoms with van der Waals surface area (Å²) in [6, 6.07) is 20.4. The number of aryl methyl sites for hydroxylation is 1. The second kappa shape index (κ2) is 11.7. The fourth-order valence-electron chi connectivity index (χ4n) is 4.28. The molecule has 0 N–H and O–H groups in total. The van der Waals surface area contributed by atoms with Gasteiger partial charge in [0.1, 0.15) is 0 Å². The first kappa shape index (κ1) is 25.2. The minimum atomic E-state index is -0.534. The predicted molar refractivity (Wildman–Crippen MR) is 135 cm³/mol. The SMILES string of the molecule is COc1ccc(C(=O)N2CCN(C[C@H](OCc3cccc(C)c3)c3ccc(Cl)cc3)CC2)cc1F. The average Bonchev–Trinajstić information content (AvgIpc) is 2.87. The highest BCUT2D eigenvalue weighted by Crippen LogP contribution is 2.24. The van der Waals surface area contributed by atoms with Gasteiger partial charge in [-0.2, -0.15) is 0 Å². The molecule has 0 bridgehead atoms. The van der Waals surface area contributed by atoms with Crippen molar-refractivity contribution >= 4 is 17.5 Å². The predicted octanol–water partition coefficient (Wildman–Crippen LogP) is 5.51. The van der Waals surface area contributed by atoms with E-state index in [1.165, 1.54) is 24.8 Å². The first-order valence-electron chi connectivity index (χ1n) is 11.7. The molecule has 0 saturated carbocycles. The number of carbonyl (C=O) groups is 1. The molecule has 0 aromatic heterocycles. The topological polar surface area (TPSA) is 42.0 Å². The smallest absolute Gasteiger partial charge is 0.254 e. The van der Waals surface area contributed by atoms with Gasteiger partial charge in [0.25, 0.3) is 5.91 Å². The Labute approximate surface area is 211 Å². The summed E-state index contributed by atoms with van der Waals surface area (Å²) in [7, 11) is 1.40. The van der Waals surface area contributed by atoms with E-state index in [2.05, 4.69) is 30.0 Å². The number of methoxy groups -OCH3 is 1. The van der Waals surface area contributed by atoms with Crippen molar-refractivity contribution < 1.29 is 18.7 Å². The molecule has 3 aromatic carbocycles. The zero-order valence-electron chi connectivity index (χ0n) is 20.0. The first-order valence-corrected chi connectivity index (χ1v) is 12.1. The van der Waals surface area contributed by atoms with Crippen LogP contribution in [0.3, 0.4) is 0 Å². The standard InChI is InChI=1S/C28H30ClFN2O3/c1-20-4-3-5-21(16-20)19-35-27(22-6-9-24(29)10-7-22)18-31-12-14-32(15-13-31)28(33)23-8-11-26(34-2)25(30)17-23/h3-11,16-17,27H,12-15,18-19H2,1-2H3/t27-/m0/s1. The molecule has 4 rings (SSSR count). The van der Waals surface area contributed by atoms with Gasteiger partial charge in [-0.15, -0.1) is 0 Å². The second-order valence-electron chi connectivity index (χ2n) is 8.78. The minimum absolute atomic E-state index is 0.130. The van der Waals surface area contributed by atoms with Crippen LogP contribution in [0.1, 0.15) is 33.2 Å². The molecule has 0 aliphatic carbocycles. The monoisotopic (exact) mass is 496 g/mol. The zero-order valence-corrected chi connectivity index (χ0v) is 20.8. The summed E-state index contributed by atoms with van der Waals surface area (Å²) in [4.78, 5) is 16.9. The summed E-state index contributed by atoms with van der Waals surface area (Å²) in [6.07, 6.45) is -0.134. The Balaban J connectivity index is 1.38. The van der Waals surface area contributed by atoms with Crippen LogP contribution in [0.5, 0.6) is 5.75 Å². The van der Waals surface area contributed by atoms with Crippen LogP contribution in [0, 0.1) is 12.7 Å². The Kier molecular flexibility index (Phi) is 8.39. The number of piperazine rings is 1. The molecular formula is C28H30ClFN2O3. The number of benzene rings is 3. The summed E-state index contributed by atoms with van der Waals surface area (Å²) in [5.74, 6) is -0.574. The van der Waals surface area contributed by atoms with Crippen LogP contribution in [-0.2, 0) is 11.3 Å². The maximum absolute atomic E-state index is 14.1. The second-order valence-corrected chi connectivity index (χ2v) is 9.22. The lowest BCUT2D eigenvalue weighted by Crippen LogP contribution is -2.49. The first-order chi connectivity index (χ1) is 16.9. The molecule has 3 aromatic rings. The molecule has 1 atom stereocenters. The molecule has 7 heteroatoms. The molecule has 5 nitrogen and oxygen atoms in total. The van der Waals surface area contributed by atoms with E-state index in [0.717, 1.165) is 11.1 Å². The maximum atomic E-state index is 14.1. The molecule has 0 spiro atoms. The molecule has 1 aliphatic heterocycles. The van der Waals surface area contributed by atoms with E-state index in [9.17, 15) is 9.18 Å². The zero-order chi connectivity index (χ0) is 24.8. The van der Waals surface area contributed by atoms with Gasteiger partial charge in [0.05, 0.1) is 19.8 Å². The average molecular weight is 497 g/mol. The van der Waals surface area contributed by atoms with Gasteiger partial charge in [0, 0.05) is 43.3 Å². The van der Waals surface area contributed by atoms with Gasteiger partial charge in [-0.25, -0.2) is 4.39 Å². The van der Waals surface area contributed by atoms with Crippen molar-refractivity contribution in [3.63, 3.8) is 0 Å². The van der Waals surface area contributed by atoms with Crippen molar-refractivity contribution in [1.29, 1.82) is 0 Å². The van der Waals surface area contributed by atoms with Crippen molar-refractivity contribution in [3.8, 4) is 5.75 Å². The summed E-state index contributed by atoms with van der Waals surface area (Å²) < 4.78 is 25.4. The van der Waals surface area contributed by atoms with Gasteiger partial charge in [-0.1, -0.05) is 53.6 Å². The third kappa shape index (κ3) is 6.60. The van der Waals surface area contributed by atoms with Crippen LogP contribution >= 0.6 is 11.6 Å². The summed E-state index contributed by atoms with van der Waals surface area (Å²) in [6.45, 7) is 5.84. The van der Waals surface area contributed by atoms with E-state index >= 15 is 0 Å². The Hall–Kier alpha value is -2.93. The highest BCUT2D eigenvalue weighted by atomic mass is 35.5. The summed E-state index contributed by atoms with van der Waals surface area (Å²) >= 11 is 6.10. The van der Waals surface area contributed by atoms with Gasteiger partial charge >= 0.3 is 0 Å². The largest absolute Gasteiger partial charge is 0.494 e. The van der Waals surface area contributed by atoms with Crippen LogP contribution < -0.4 is 4.74 Å². The van der Waals surface area contributed by atoms with Crippen LogP contribution in [-0.4, -0.2) is 55.5 Å². The van der Waals surface area contributed by atoms with E-state index in [-0.39, 0.29) is 17.8 Å². The molecule has 184 valence electrons. The summed E-state index contributed by atoms with van der Waals surface area (Å²) in [5, 5.41) is 0.688. The highest BCUT2D eigenvalue weighted by molar-refractivity contribution is 6.30. The third-order valence-corrected chi connectivity index (χ3v) is 6.51. The van der Waals surface area contributed by atoms with Crippen molar-refractivity contribution in [3.05, 3.63) is 99.8 Å². The molecule has 1 heterocycles. The number of hydrogen-bond donors (Lipinski definition) is 0. The Morgan fingerprint density at radius 3 is 2.43 bits per heavy atom. The molecule has 0 radical (unpaired) electrons. The molecule has 1 fully saturated rings. The molecule has 35 heavy (non-hydrogen) atoms. The Morgan fingerprint density at radius 2 is 1.77 bits per heavy atom. The number of amides is 1. The van der Waals surface area contributed by atoms with Gasteiger partial charge in [0.15, 0.2) is 11.6 Å². The van der Waals surface area contributed by atoms with E-state index in [1.54, 1.807) is 11.0 Å². The lowest BCUT2D eigenvalue weighted by Gasteiger charge is -2.36. The van der Waals surface area contributed by atoms with E-state index in [4.69, 9.17) is 21.1 Å². The molecule has 1 amide bonds. The van der Waals surface area contributed by atoms with Crippen LogP contribution in [0.4, 0.5) is 4.39 Å². The lowest BCUT2D eigenvalue weighted by atomic mass is 10.1. The van der Waals surface area contributed by atoms with E-state index in [0.29, 0.717) is 49.9 Å². The van der Waals surface area contributed by atoms with Crippen molar-refractivity contribution in [2.45, 2.75) is 19.6 Å². The number of rotatable bonds is 8. The quantitative estimate of drug-likeness (QED) is 0.412. The van der Waals surface area contributed by atoms with Gasteiger partial charge in [-0.3, -0.25) is 9.69 Å². The van der Waals surface area contributed by atoms with Gasteiger partial charge in [-0.05, 0) is 48.4 Å². The number of ether oxygens (including phenoxy) is 2. The van der Waals surface area contributed by atoms with Crippen LogP contribution in [0.15, 0.2) is 66.7 Å². The molecule has 1 saturated heterocycles. The Morgan fingerprint density at radius 1 is 1.03 bits per heavy atom. The Bertz CT molecular complexity index is 1150. The van der Waals surface area contributed by atoms with Crippen LogP contribution in [0.2, 0.25) is 5.02 Å². The molecule has 1 aliphatic rings. The highest BCUT2D eigenvalue weighted by Gasteiger charge is 2.25. The fourth-order valence-corrected chi connectivity index (χ4v) is 4.41. The number of nitrogens with zero attached hydrogens (tertiary/aromatic N) is 2. The third-order valence-electron chi connectivity index (χ3n) is 6.26. The summed E-state index contributed by atoms with van der Waals surface area (Å²) in [5.41, 5.74) is 3.73. The van der Waals surface area contributed by atoms with Gasteiger partial charge in [0.2, 0.25) is 0 Å². The normalized spacial score (nSPS) is 15.1. The van der Waals surface area contributed by atoms with Crippen molar-refractivity contribution in [2.75, 3.05) is 39.8 Å². The molecular weight excluding hydrogens is 467 g/mol. The van der Waals surface area contributed by atoms with Gasteiger partial charge < -0.3 is 14.4 Å². The molecule has 0 unspecified atom stereocenters.